The van der Waals surface area contributed by atoms with Crippen LogP contribution in [-0.4, -0.2) is 55.8 Å². The topological polar surface area (TPSA) is 45.0 Å². The van der Waals surface area contributed by atoms with E-state index in [0.29, 0.717) is 44.5 Å². The van der Waals surface area contributed by atoms with Gasteiger partial charge in [-0.1, -0.05) is 6.07 Å². The number of hydrogen-bond acceptors (Lipinski definition) is 3. The summed E-state index contributed by atoms with van der Waals surface area (Å²) < 4.78 is 48.5. The number of alkyl halides is 3. The number of nitrogens with one attached hydrogen (secondary N) is 1. The highest BCUT2D eigenvalue weighted by Crippen LogP contribution is 2.35. The third-order valence-corrected chi connectivity index (χ3v) is 5.24. The van der Waals surface area contributed by atoms with E-state index in [9.17, 15) is 13.2 Å². The lowest BCUT2D eigenvalue weighted by Gasteiger charge is -2.30. The second-order valence-corrected chi connectivity index (χ2v) is 7.31. The Morgan fingerprint density at radius 2 is 1.94 bits per heavy atom. The number of rotatable bonds is 5. The number of aliphatic imine (C=N–C) groups is 1. The summed E-state index contributed by atoms with van der Waals surface area (Å²) in [6.45, 7) is 2.84. The summed E-state index contributed by atoms with van der Waals surface area (Å²) in [6.07, 6.45) is -2.48. The van der Waals surface area contributed by atoms with Gasteiger partial charge in [0.25, 0.3) is 0 Å². The predicted molar refractivity (Wildman–Crippen MR) is 127 cm³/mol. The number of anilines is 1. The fourth-order valence-corrected chi connectivity index (χ4v) is 3.54. The van der Waals surface area contributed by atoms with Crippen molar-refractivity contribution >= 4 is 35.6 Å². The van der Waals surface area contributed by atoms with E-state index in [4.69, 9.17) is 4.74 Å². The van der Waals surface area contributed by atoms with Gasteiger partial charge in [0.1, 0.15) is 0 Å². The Balaban J connectivity index is 0.00000341. The summed E-state index contributed by atoms with van der Waals surface area (Å²) in [5.41, 5.74) is 1.21. The van der Waals surface area contributed by atoms with Crippen molar-refractivity contribution in [1.29, 1.82) is 0 Å². The van der Waals surface area contributed by atoms with Crippen molar-refractivity contribution in [2.45, 2.75) is 19.3 Å². The van der Waals surface area contributed by atoms with Gasteiger partial charge in [-0.05, 0) is 29.8 Å². The second kappa shape index (κ2) is 11.1. The number of halogens is 4. The highest BCUT2D eigenvalue weighted by molar-refractivity contribution is 14.0. The molecular formula is C21H29F3IN5O. The largest absolute Gasteiger partial charge is 0.416 e. The molecule has 0 aliphatic carbocycles. The number of hydrogen-bond donors (Lipinski definition) is 1. The first-order valence-electron chi connectivity index (χ1n) is 9.84. The molecule has 0 spiro atoms. The molecule has 2 aromatic rings. The van der Waals surface area contributed by atoms with E-state index in [2.05, 4.69) is 10.3 Å². The van der Waals surface area contributed by atoms with Crippen LogP contribution in [0.3, 0.4) is 0 Å². The SMILES string of the molecule is CN=C(NCc1ccc(N2CCOCC2)cc1C(F)(F)F)N(C)Cc1cccn1C.I. The Labute approximate surface area is 198 Å². The molecule has 0 bridgehead atoms. The van der Waals surface area contributed by atoms with E-state index >= 15 is 0 Å². The van der Waals surface area contributed by atoms with E-state index < -0.39 is 11.7 Å². The van der Waals surface area contributed by atoms with Crippen LogP contribution in [0.4, 0.5) is 18.9 Å². The molecule has 1 N–H and O–H groups in total. The zero-order valence-corrected chi connectivity index (χ0v) is 20.3. The van der Waals surface area contributed by atoms with Crippen LogP contribution < -0.4 is 10.2 Å². The first-order chi connectivity index (χ1) is 14.3. The van der Waals surface area contributed by atoms with E-state index in [0.717, 1.165) is 5.69 Å². The fraction of sp³-hybridized carbons (Fsp3) is 0.476. The lowest BCUT2D eigenvalue weighted by atomic mass is 10.0. The zero-order valence-electron chi connectivity index (χ0n) is 17.9. The monoisotopic (exact) mass is 551 g/mol. The van der Waals surface area contributed by atoms with E-state index in [-0.39, 0.29) is 36.1 Å². The van der Waals surface area contributed by atoms with Crippen LogP contribution in [0.1, 0.15) is 16.8 Å². The molecule has 0 amide bonds. The molecule has 2 heterocycles. The minimum Gasteiger partial charge on any atom is -0.378 e. The van der Waals surface area contributed by atoms with Crippen LogP contribution in [-0.2, 0) is 31.1 Å². The molecule has 0 atom stereocenters. The summed E-state index contributed by atoms with van der Waals surface area (Å²) >= 11 is 0. The maximum Gasteiger partial charge on any atom is 0.416 e. The minimum absolute atomic E-state index is 0. The van der Waals surface area contributed by atoms with Gasteiger partial charge < -0.3 is 24.4 Å². The number of benzene rings is 1. The lowest BCUT2D eigenvalue weighted by molar-refractivity contribution is -0.138. The Hall–Kier alpha value is -1.95. The normalized spacial score (nSPS) is 14.9. The van der Waals surface area contributed by atoms with E-state index in [1.54, 1.807) is 19.2 Å². The molecular weight excluding hydrogens is 522 g/mol. The first kappa shape index (κ1) is 25.3. The van der Waals surface area contributed by atoms with Crippen LogP contribution in [0.2, 0.25) is 0 Å². The fourth-order valence-electron chi connectivity index (χ4n) is 3.54. The summed E-state index contributed by atoms with van der Waals surface area (Å²) in [5, 5.41) is 3.06. The Bertz CT molecular complexity index is 878. The van der Waals surface area contributed by atoms with Crippen LogP contribution in [0.25, 0.3) is 0 Å². The molecule has 6 nitrogen and oxygen atoms in total. The van der Waals surface area contributed by atoms with E-state index in [1.165, 1.54) is 6.07 Å². The number of ether oxygens (including phenoxy) is 1. The second-order valence-electron chi connectivity index (χ2n) is 7.31. The summed E-state index contributed by atoms with van der Waals surface area (Å²) in [5.74, 6) is 0.529. The number of aromatic nitrogens is 1. The van der Waals surface area contributed by atoms with Gasteiger partial charge in [-0.2, -0.15) is 13.2 Å². The molecule has 1 aromatic carbocycles. The highest BCUT2D eigenvalue weighted by Gasteiger charge is 2.34. The summed E-state index contributed by atoms with van der Waals surface area (Å²) in [4.78, 5) is 8.01. The first-order valence-corrected chi connectivity index (χ1v) is 9.84. The van der Waals surface area contributed by atoms with Gasteiger partial charge in [0, 0.05) is 58.4 Å². The van der Waals surface area contributed by atoms with Gasteiger partial charge in [0.2, 0.25) is 0 Å². The van der Waals surface area contributed by atoms with Gasteiger partial charge in [0.15, 0.2) is 5.96 Å². The summed E-state index contributed by atoms with van der Waals surface area (Å²) in [7, 11) is 5.43. The maximum atomic E-state index is 13.7. The van der Waals surface area contributed by atoms with Crippen molar-refractivity contribution in [2.24, 2.45) is 12.0 Å². The van der Waals surface area contributed by atoms with Crippen molar-refractivity contribution in [2.75, 3.05) is 45.3 Å². The Kier molecular flexibility index (Phi) is 9.04. The van der Waals surface area contributed by atoms with Crippen LogP contribution in [0.15, 0.2) is 41.5 Å². The van der Waals surface area contributed by atoms with Crippen LogP contribution in [0.5, 0.6) is 0 Å². The van der Waals surface area contributed by atoms with Crippen LogP contribution >= 0.6 is 24.0 Å². The number of nitrogens with zero attached hydrogens (tertiary/aromatic N) is 4. The minimum atomic E-state index is -4.43. The predicted octanol–water partition coefficient (Wildman–Crippen LogP) is 3.71. The number of guanidine groups is 1. The molecule has 31 heavy (non-hydrogen) atoms. The van der Waals surface area contributed by atoms with Gasteiger partial charge in [-0.25, -0.2) is 0 Å². The molecule has 1 saturated heterocycles. The molecule has 1 aromatic heterocycles. The third kappa shape index (κ3) is 6.52. The van der Waals surface area contributed by atoms with Gasteiger partial charge in [-0.15, -0.1) is 24.0 Å². The van der Waals surface area contributed by atoms with Crippen molar-refractivity contribution in [3.63, 3.8) is 0 Å². The van der Waals surface area contributed by atoms with E-state index in [1.807, 2.05) is 46.8 Å². The lowest BCUT2D eigenvalue weighted by Crippen LogP contribution is -2.39. The van der Waals surface area contributed by atoms with Crippen LogP contribution in [0, 0.1) is 0 Å². The van der Waals surface area contributed by atoms with Gasteiger partial charge in [0.05, 0.1) is 25.3 Å². The molecule has 3 rings (SSSR count). The number of morpholine rings is 1. The summed E-state index contributed by atoms with van der Waals surface area (Å²) in [6, 6.07) is 8.47. The average molecular weight is 551 g/mol. The van der Waals surface area contributed by atoms with Crippen molar-refractivity contribution in [3.05, 3.63) is 53.3 Å². The molecule has 10 heteroatoms. The average Bonchev–Trinajstić information content (AvgIpc) is 3.13. The molecule has 1 fully saturated rings. The quantitative estimate of drug-likeness (QED) is 0.350. The molecule has 1 aliphatic rings. The Morgan fingerprint density at radius 1 is 1.23 bits per heavy atom. The van der Waals surface area contributed by atoms with Gasteiger partial charge in [-0.3, -0.25) is 4.99 Å². The number of aryl methyl sites for hydroxylation is 1. The standard InChI is InChI=1S/C21H28F3N5O.HI/c1-25-20(28(3)15-18-5-4-8-27(18)2)26-14-16-6-7-17(13-19(16)21(22,23)24)29-9-11-30-12-10-29;/h4-8,13H,9-12,14-15H2,1-3H3,(H,25,26);1H. The smallest absolute Gasteiger partial charge is 0.378 e. The van der Waals surface area contributed by atoms with Crippen molar-refractivity contribution < 1.29 is 17.9 Å². The Morgan fingerprint density at radius 3 is 2.52 bits per heavy atom. The van der Waals surface area contributed by atoms with Crippen molar-refractivity contribution in [1.82, 2.24) is 14.8 Å². The van der Waals surface area contributed by atoms with Crippen molar-refractivity contribution in [3.8, 4) is 0 Å². The maximum absolute atomic E-state index is 13.7. The van der Waals surface area contributed by atoms with Gasteiger partial charge >= 0.3 is 6.18 Å². The molecule has 1 aliphatic heterocycles. The molecule has 0 saturated carbocycles. The third-order valence-electron chi connectivity index (χ3n) is 5.24. The molecule has 0 unspecified atom stereocenters. The zero-order chi connectivity index (χ0) is 21.7. The molecule has 172 valence electrons. The molecule has 0 radical (unpaired) electrons. The highest BCUT2D eigenvalue weighted by atomic mass is 127.